The van der Waals surface area contributed by atoms with Gasteiger partial charge in [-0.2, -0.15) is 0 Å². The molecule has 1 atom stereocenters. The molecule has 5 nitrogen and oxygen atoms in total. The van der Waals surface area contributed by atoms with Gasteiger partial charge in [0.25, 0.3) is 0 Å². The van der Waals surface area contributed by atoms with E-state index in [0.29, 0.717) is 19.8 Å². The number of nitrogens with one attached hydrogen (secondary N) is 1. The van der Waals surface area contributed by atoms with Crippen molar-refractivity contribution in [1.29, 1.82) is 0 Å². The lowest BCUT2D eigenvalue weighted by Crippen LogP contribution is -2.44. The number of hydrogen-bond donors (Lipinski definition) is 2. The van der Waals surface area contributed by atoms with Crippen LogP contribution in [0.1, 0.15) is 19.4 Å². The van der Waals surface area contributed by atoms with Gasteiger partial charge in [-0.1, -0.05) is 13.8 Å². The number of nitrogens with two attached hydrogens (primary N) is 1. The maximum atomic E-state index is 11.5. The molecule has 1 aliphatic rings. The van der Waals surface area contributed by atoms with E-state index in [9.17, 15) is 4.79 Å². The van der Waals surface area contributed by atoms with Gasteiger partial charge in [-0.15, -0.1) is 11.8 Å². The number of ether oxygens (including phenoxy) is 2. The van der Waals surface area contributed by atoms with Crippen LogP contribution in [0.15, 0.2) is 17.0 Å². The molecule has 6 heteroatoms. The number of amides is 1. The molecule has 0 saturated carbocycles. The standard InChI is InChI=1S/C15H22N2O3S/c1-9(2)14(15(16)18)17-8-10-6-11-12(7-13(10)21-3)20-5-4-19-11/h6-7,9,14,17H,4-5,8H2,1-3H3,(H2,16,18). The van der Waals surface area contributed by atoms with E-state index in [4.69, 9.17) is 15.2 Å². The van der Waals surface area contributed by atoms with Crippen LogP contribution in [-0.2, 0) is 11.3 Å². The van der Waals surface area contributed by atoms with Gasteiger partial charge in [-0.25, -0.2) is 0 Å². The van der Waals surface area contributed by atoms with Crippen molar-refractivity contribution in [2.24, 2.45) is 11.7 Å². The van der Waals surface area contributed by atoms with Crippen LogP contribution in [0.3, 0.4) is 0 Å². The highest BCUT2D eigenvalue weighted by Gasteiger charge is 2.20. The predicted octanol–water partition coefficient (Wildman–Crippen LogP) is 1.78. The molecule has 2 rings (SSSR count). The van der Waals surface area contributed by atoms with E-state index >= 15 is 0 Å². The van der Waals surface area contributed by atoms with Crippen molar-refractivity contribution in [2.75, 3.05) is 19.5 Å². The summed E-state index contributed by atoms with van der Waals surface area (Å²) in [5.74, 6) is 1.37. The molecule has 1 aliphatic heterocycles. The van der Waals surface area contributed by atoms with Gasteiger partial charge < -0.3 is 20.5 Å². The minimum absolute atomic E-state index is 0.150. The zero-order valence-corrected chi connectivity index (χ0v) is 13.5. The van der Waals surface area contributed by atoms with Gasteiger partial charge in [0.2, 0.25) is 5.91 Å². The van der Waals surface area contributed by atoms with Crippen molar-refractivity contribution < 1.29 is 14.3 Å². The quantitative estimate of drug-likeness (QED) is 0.784. The van der Waals surface area contributed by atoms with Crippen molar-refractivity contribution in [3.63, 3.8) is 0 Å². The average molecular weight is 310 g/mol. The lowest BCUT2D eigenvalue weighted by Gasteiger charge is -2.23. The van der Waals surface area contributed by atoms with E-state index < -0.39 is 0 Å². The summed E-state index contributed by atoms with van der Waals surface area (Å²) in [6.07, 6.45) is 2.02. The Labute approximate surface area is 129 Å². The van der Waals surface area contributed by atoms with Crippen LogP contribution in [0.25, 0.3) is 0 Å². The van der Waals surface area contributed by atoms with Crippen molar-refractivity contribution in [2.45, 2.75) is 31.3 Å². The van der Waals surface area contributed by atoms with Crippen LogP contribution in [0.5, 0.6) is 11.5 Å². The fourth-order valence-electron chi connectivity index (χ4n) is 2.33. The van der Waals surface area contributed by atoms with Crippen LogP contribution in [0.4, 0.5) is 0 Å². The van der Waals surface area contributed by atoms with Gasteiger partial charge in [-0.3, -0.25) is 4.79 Å². The molecule has 1 heterocycles. The second kappa shape index (κ2) is 7.04. The van der Waals surface area contributed by atoms with Crippen LogP contribution in [0.2, 0.25) is 0 Å². The molecule has 3 N–H and O–H groups in total. The van der Waals surface area contributed by atoms with E-state index in [1.165, 1.54) is 0 Å². The van der Waals surface area contributed by atoms with E-state index in [2.05, 4.69) is 5.32 Å². The summed E-state index contributed by atoms with van der Waals surface area (Å²) in [6, 6.07) is 3.63. The van der Waals surface area contributed by atoms with Crippen molar-refractivity contribution in [1.82, 2.24) is 5.32 Å². The Balaban J connectivity index is 2.17. The zero-order chi connectivity index (χ0) is 15.4. The molecule has 0 fully saturated rings. The van der Waals surface area contributed by atoms with Crippen molar-refractivity contribution >= 4 is 17.7 Å². The smallest absolute Gasteiger partial charge is 0.234 e. The summed E-state index contributed by atoms with van der Waals surface area (Å²) in [5, 5.41) is 3.23. The van der Waals surface area contributed by atoms with Crippen LogP contribution >= 0.6 is 11.8 Å². The van der Waals surface area contributed by atoms with Gasteiger partial charge in [0.1, 0.15) is 13.2 Å². The molecule has 0 spiro atoms. The van der Waals surface area contributed by atoms with Crippen molar-refractivity contribution in [3.05, 3.63) is 17.7 Å². The molecule has 116 valence electrons. The van der Waals surface area contributed by atoms with E-state index in [1.807, 2.05) is 32.2 Å². The largest absolute Gasteiger partial charge is 0.486 e. The summed E-state index contributed by atoms with van der Waals surface area (Å²) >= 11 is 1.64. The van der Waals surface area contributed by atoms with E-state index in [1.54, 1.807) is 11.8 Å². The second-order valence-electron chi connectivity index (χ2n) is 5.31. The van der Waals surface area contributed by atoms with E-state index in [0.717, 1.165) is 22.0 Å². The Morgan fingerprint density at radius 3 is 2.48 bits per heavy atom. The Hall–Kier alpha value is -1.40. The van der Waals surface area contributed by atoms with Gasteiger partial charge in [-0.05, 0) is 29.9 Å². The minimum Gasteiger partial charge on any atom is -0.486 e. The summed E-state index contributed by atoms with van der Waals surface area (Å²) < 4.78 is 11.2. The highest BCUT2D eigenvalue weighted by molar-refractivity contribution is 7.98. The highest BCUT2D eigenvalue weighted by Crippen LogP contribution is 2.36. The maximum absolute atomic E-state index is 11.5. The molecule has 1 amide bonds. The van der Waals surface area contributed by atoms with Crippen LogP contribution in [0, 0.1) is 5.92 Å². The highest BCUT2D eigenvalue weighted by atomic mass is 32.2. The van der Waals surface area contributed by atoms with E-state index in [-0.39, 0.29) is 17.9 Å². The average Bonchev–Trinajstić information content (AvgIpc) is 2.45. The lowest BCUT2D eigenvalue weighted by molar-refractivity contribution is -0.121. The number of primary amides is 1. The summed E-state index contributed by atoms with van der Waals surface area (Å²) in [4.78, 5) is 12.6. The Bertz CT molecular complexity index is 520. The predicted molar refractivity (Wildman–Crippen MR) is 83.9 cm³/mol. The zero-order valence-electron chi connectivity index (χ0n) is 12.6. The molecule has 0 aromatic heterocycles. The number of fused-ring (bicyclic) bond motifs is 1. The number of hydrogen-bond acceptors (Lipinski definition) is 5. The molecular weight excluding hydrogens is 288 g/mol. The Morgan fingerprint density at radius 2 is 1.95 bits per heavy atom. The molecule has 1 aromatic rings. The number of benzene rings is 1. The van der Waals surface area contributed by atoms with Crippen LogP contribution < -0.4 is 20.5 Å². The second-order valence-corrected chi connectivity index (χ2v) is 6.16. The number of rotatable bonds is 6. The summed E-state index contributed by atoms with van der Waals surface area (Å²) in [5.41, 5.74) is 6.51. The van der Waals surface area contributed by atoms with Crippen molar-refractivity contribution in [3.8, 4) is 11.5 Å². The number of carbonyl (C=O) groups excluding carboxylic acids is 1. The van der Waals surface area contributed by atoms with Gasteiger partial charge in [0, 0.05) is 11.4 Å². The fourth-order valence-corrected chi connectivity index (χ4v) is 2.94. The maximum Gasteiger partial charge on any atom is 0.234 e. The lowest BCUT2D eigenvalue weighted by atomic mass is 10.0. The van der Waals surface area contributed by atoms with Gasteiger partial charge >= 0.3 is 0 Å². The molecule has 21 heavy (non-hydrogen) atoms. The third kappa shape index (κ3) is 3.83. The summed E-state index contributed by atoms with van der Waals surface area (Å²) in [7, 11) is 0. The SMILES string of the molecule is CSc1cc2c(cc1CNC(C(N)=O)C(C)C)OCCO2. The normalized spacial score (nSPS) is 15.0. The molecule has 1 unspecified atom stereocenters. The number of carbonyl (C=O) groups is 1. The monoisotopic (exact) mass is 310 g/mol. The minimum atomic E-state index is -0.340. The third-order valence-electron chi connectivity index (χ3n) is 3.43. The first-order chi connectivity index (χ1) is 10.0. The first-order valence-corrected chi connectivity index (χ1v) is 8.24. The molecule has 0 radical (unpaired) electrons. The molecule has 0 saturated heterocycles. The first-order valence-electron chi connectivity index (χ1n) is 7.02. The Kier molecular flexibility index (Phi) is 5.36. The molecule has 0 aliphatic carbocycles. The third-order valence-corrected chi connectivity index (χ3v) is 4.25. The van der Waals surface area contributed by atoms with Crippen LogP contribution in [-0.4, -0.2) is 31.4 Å². The van der Waals surface area contributed by atoms with Gasteiger partial charge in [0.05, 0.1) is 6.04 Å². The fraction of sp³-hybridized carbons (Fsp3) is 0.533. The Morgan fingerprint density at radius 1 is 1.33 bits per heavy atom. The molecule has 1 aromatic carbocycles. The summed E-state index contributed by atoms with van der Waals surface area (Å²) in [6.45, 7) is 5.66. The molecular formula is C15H22N2O3S. The van der Waals surface area contributed by atoms with Gasteiger partial charge in [0.15, 0.2) is 11.5 Å². The topological polar surface area (TPSA) is 73.6 Å². The molecule has 0 bridgehead atoms. The number of thioether (sulfide) groups is 1. The first kappa shape index (κ1) is 16.0.